The number of methoxy groups -OCH3 is 1. The molecule has 8 heteroatoms. The summed E-state index contributed by atoms with van der Waals surface area (Å²) in [7, 11) is 1.50. The predicted octanol–water partition coefficient (Wildman–Crippen LogP) is 5.02. The van der Waals surface area contributed by atoms with Gasteiger partial charge in [-0.3, -0.25) is 14.6 Å². The van der Waals surface area contributed by atoms with E-state index in [9.17, 15) is 14.7 Å². The number of aliphatic hydroxyl groups excluding tert-OH is 1. The highest BCUT2D eigenvalue weighted by Gasteiger charge is 2.46. The number of nitrogens with zero attached hydrogens (tertiary/aromatic N) is 2. The molecular formula is C24H18Cl2N2O4. The Bertz CT molecular complexity index is 1230. The molecule has 1 fully saturated rings. The zero-order valence-electron chi connectivity index (χ0n) is 17.0. The van der Waals surface area contributed by atoms with Crippen LogP contribution in [0.5, 0.6) is 5.75 Å². The number of carbonyl (C=O) groups excluding carboxylic acids is 2. The zero-order chi connectivity index (χ0) is 22.8. The quantitative estimate of drug-likeness (QED) is 0.323. The van der Waals surface area contributed by atoms with Crippen LogP contribution in [0.4, 0.5) is 0 Å². The fourth-order valence-corrected chi connectivity index (χ4v) is 3.99. The molecule has 32 heavy (non-hydrogen) atoms. The zero-order valence-corrected chi connectivity index (χ0v) is 18.5. The molecule has 2 aromatic carbocycles. The van der Waals surface area contributed by atoms with Crippen molar-refractivity contribution in [3.63, 3.8) is 0 Å². The lowest BCUT2D eigenvalue weighted by Gasteiger charge is -2.25. The van der Waals surface area contributed by atoms with E-state index in [1.54, 1.807) is 67.0 Å². The van der Waals surface area contributed by atoms with Crippen molar-refractivity contribution in [3.8, 4) is 5.75 Å². The van der Waals surface area contributed by atoms with Gasteiger partial charge in [0.2, 0.25) is 0 Å². The highest BCUT2D eigenvalue weighted by Crippen LogP contribution is 2.41. The second-order valence-electron chi connectivity index (χ2n) is 7.19. The third-order valence-corrected chi connectivity index (χ3v) is 5.96. The largest absolute Gasteiger partial charge is 0.507 e. The highest BCUT2D eigenvalue weighted by molar-refractivity contribution is 6.46. The summed E-state index contributed by atoms with van der Waals surface area (Å²) >= 11 is 12.3. The molecule has 3 aromatic rings. The molecule has 6 nitrogen and oxygen atoms in total. The number of hydrogen-bond acceptors (Lipinski definition) is 5. The van der Waals surface area contributed by atoms with Crippen LogP contribution in [0.25, 0.3) is 5.76 Å². The van der Waals surface area contributed by atoms with Crippen molar-refractivity contribution in [2.75, 3.05) is 7.11 Å². The number of aromatic nitrogens is 1. The molecule has 0 aliphatic carbocycles. The lowest BCUT2D eigenvalue weighted by Crippen LogP contribution is -2.29. The van der Waals surface area contributed by atoms with Crippen LogP contribution in [0.2, 0.25) is 10.0 Å². The van der Waals surface area contributed by atoms with Crippen molar-refractivity contribution < 1.29 is 19.4 Å². The van der Waals surface area contributed by atoms with Gasteiger partial charge in [-0.2, -0.15) is 0 Å². The first-order valence-corrected chi connectivity index (χ1v) is 10.4. The number of Topliss-reactive ketones (excluding diaryl/α,β-unsaturated/α-hetero) is 1. The van der Waals surface area contributed by atoms with Crippen LogP contribution in [0.15, 0.2) is 72.6 Å². The van der Waals surface area contributed by atoms with Crippen molar-refractivity contribution >= 4 is 40.7 Å². The molecule has 0 spiro atoms. The van der Waals surface area contributed by atoms with Crippen LogP contribution in [-0.4, -0.2) is 33.8 Å². The van der Waals surface area contributed by atoms with Gasteiger partial charge in [0.05, 0.1) is 28.8 Å². The third kappa shape index (κ3) is 4.07. The second-order valence-corrected chi connectivity index (χ2v) is 8.01. The van der Waals surface area contributed by atoms with Crippen molar-refractivity contribution in [2.24, 2.45) is 0 Å². The molecule has 2 heterocycles. The fraction of sp³-hybridized carbons (Fsp3) is 0.125. The van der Waals surface area contributed by atoms with Crippen LogP contribution in [0.3, 0.4) is 0 Å². The van der Waals surface area contributed by atoms with Crippen LogP contribution >= 0.6 is 23.2 Å². The molecule has 0 bridgehead atoms. The van der Waals surface area contributed by atoms with Gasteiger partial charge in [0.25, 0.3) is 11.7 Å². The van der Waals surface area contributed by atoms with E-state index >= 15 is 0 Å². The van der Waals surface area contributed by atoms with E-state index in [1.165, 1.54) is 12.0 Å². The average Bonchev–Trinajstić information content (AvgIpc) is 3.06. The summed E-state index contributed by atoms with van der Waals surface area (Å²) in [6, 6.07) is 14.2. The maximum Gasteiger partial charge on any atom is 0.295 e. The Morgan fingerprint density at radius 2 is 1.91 bits per heavy atom. The smallest absolute Gasteiger partial charge is 0.295 e. The molecule has 1 unspecified atom stereocenters. The number of likely N-dealkylation sites (tertiary alicyclic amines) is 1. The Hall–Kier alpha value is -3.35. The summed E-state index contributed by atoms with van der Waals surface area (Å²) in [4.78, 5) is 31.6. The maximum absolute atomic E-state index is 13.1. The van der Waals surface area contributed by atoms with Gasteiger partial charge in [-0.1, -0.05) is 47.5 Å². The number of ether oxygens (including phenoxy) is 1. The van der Waals surface area contributed by atoms with E-state index < -0.39 is 17.7 Å². The normalized spacial score (nSPS) is 17.6. The SMILES string of the molecule is COc1cccc(/C(O)=C2\C(=O)C(=O)N(Cc3cccnc3)C2c2ccc(Cl)c(Cl)c2)c1. The summed E-state index contributed by atoms with van der Waals surface area (Å²) in [6.45, 7) is 0.123. The second kappa shape index (κ2) is 9.02. The van der Waals surface area contributed by atoms with Crippen molar-refractivity contribution in [2.45, 2.75) is 12.6 Å². The van der Waals surface area contributed by atoms with E-state index in [2.05, 4.69) is 4.98 Å². The minimum atomic E-state index is -0.865. The van der Waals surface area contributed by atoms with Gasteiger partial charge in [0.15, 0.2) is 0 Å². The van der Waals surface area contributed by atoms with Gasteiger partial charge in [0, 0.05) is 24.5 Å². The number of ketones is 1. The van der Waals surface area contributed by atoms with E-state index in [4.69, 9.17) is 27.9 Å². The molecule has 1 amide bonds. The van der Waals surface area contributed by atoms with Crippen LogP contribution in [-0.2, 0) is 16.1 Å². The summed E-state index contributed by atoms with van der Waals surface area (Å²) in [5.41, 5.74) is 1.60. The van der Waals surface area contributed by atoms with Gasteiger partial charge in [-0.05, 0) is 41.5 Å². The summed E-state index contributed by atoms with van der Waals surface area (Å²) < 4.78 is 5.22. The van der Waals surface area contributed by atoms with E-state index in [0.717, 1.165) is 5.56 Å². The van der Waals surface area contributed by atoms with Crippen LogP contribution in [0.1, 0.15) is 22.7 Å². The molecule has 1 saturated heterocycles. The molecule has 1 aliphatic heterocycles. The molecule has 1 aliphatic rings. The number of hydrogen-bond donors (Lipinski definition) is 1. The number of carbonyl (C=O) groups is 2. The summed E-state index contributed by atoms with van der Waals surface area (Å²) in [6.07, 6.45) is 3.24. The van der Waals surface area contributed by atoms with E-state index in [-0.39, 0.29) is 22.9 Å². The molecule has 1 atom stereocenters. The number of aliphatic hydroxyl groups is 1. The lowest BCUT2D eigenvalue weighted by molar-refractivity contribution is -0.140. The Morgan fingerprint density at radius 1 is 1.09 bits per heavy atom. The lowest BCUT2D eigenvalue weighted by atomic mass is 9.95. The topological polar surface area (TPSA) is 79.7 Å². The Balaban J connectivity index is 1.89. The fourth-order valence-electron chi connectivity index (χ4n) is 3.69. The molecule has 1 aromatic heterocycles. The highest BCUT2D eigenvalue weighted by atomic mass is 35.5. The number of rotatable bonds is 5. The van der Waals surface area contributed by atoms with Crippen molar-refractivity contribution in [1.82, 2.24) is 9.88 Å². The number of benzene rings is 2. The van der Waals surface area contributed by atoms with Gasteiger partial charge >= 0.3 is 0 Å². The monoisotopic (exact) mass is 468 g/mol. The first kappa shape index (κ1) is 21.9. The van der Waals surface area contributed by atoms with Gasteiger partial charge in [-0.15, -0.1) is 0 Å². The molecule has 1 N–H and O–H groups in total. The van der Waals surface area contributed by atoms with E-state index in [0.29, 0.717) is 21.9 Å². The van der Waals surface area contributed by atoms with Gasteiger partial charge in [0.1, 0.15) is 11.5 Å². The third-order valence-electron chi connectivity index (χ3n) is 5.22. The van der Waals surface area contributed by atoms with Crippen LogP contribution in [0, 0.1) is 0 Å². The minimum Gasteiger partial charge on any atom is -0.507 e. The first-order valence-electron chi connectivity index (χ1n) is 9.67. The Morgan fingerprint density at radius 3 is 2.59 bits per heavy atom. The minimum absolute atomic E-state index is 0.0365. The first-order chi connectivity index (χ1) is 15.4. The van der Waals surface area contributed by atoms with E-state index in [1.807, 2.05) is 0 Å². The number of pyridine rings is 1. The number of amides is 1. The molecule has 162 valence electrons. The Labute approximate surface area is 194 Å². The molecular weight excluding hydrogens is 451 g/mol. The van der Waals surface area contributed by atoms with Gasteiger partial charge in [-0.25, -0.2) is 0 Å². The summed E-state index contributed by atoms with van der Waals surface area (Å²) in [5.74, 6) is -1.31. The summed E-state index contributed by atoms with van der Waals surface area (Å²) in [5, 5.41) is 11.7. The average molecular weight is 469 g/mol. The molecule has 0 saturated carbocycles. The van der Waals surface area contributed by atoms with Crippen LogP contribution < -0.4 is 4.74 Å². The maximum atomic E-state index is 13.1. The standard InChI is InChI=1S/C24H18Cl2N2O4/c1-32-17-6-2-5-16(10-17)22(29)20-21(15-7-8-18(25)19(26)11-15)28(24(31)23(20)30)13-14-4-3-9-27-12-14/h2-12,21,29H,13H2,1H3/b22-20+. The number of halogens is 2. The Kier molecular flexibility index (Phi) is 6.17. The predicted molar refractivity (Wildman–Crippen MR) is 122 cm³/mol. The molecule has 4 rings (SSSR count). The van der Waals surface area contributed by atoms with Gasteiger partial charge < -0.3 is 14.7 Å². The van der Waals surface area contributed by atoms with Crippen molar-refractivity contribution in [1.29, 1.82) is 0 Å². The molecule has 0 radical (unpaired) electrons. The van der Waals surface area contributed by atoms with Crippen molar-refractivity contribution in [3.05, 3.63) is 99.3 Å².